The number of amides is 1. The van der Waals surface area contributed by atoms with Gasteiger partial charge < -0.3 is 10.1 Å². The van der Waals surface area contributed by atoms with Crippen LogP contribution in [-0.2, 0) is 4.79 Å². The maximum Gasteiger partial charge on any atom is 0.230 e. The van der Waals surface area contributed by atoms with Gasteiger partial charge in [-0.2, -0.15) is 4.68 Å². The lowest BCUT2D eigenvalue weighted by molar-refractivity contribution is -0.119. The predicted molar refractivity (Wildman–Crippen MR) is 109 cm³/mol. The van der Waals surface area contributed by atoms with Crippen molar-refractivity contribution in [3.05, 3.63) is 59.1 Å². The van der Waals surface area contributed by atoms with Crippen molar-refractivity contribution in [2.24, 2.45) is 0 Å². The van der Waals surface area contributed by atoms with Crippen molar-refractivity contribution in [3.8, 4) is 11.4 Å². The molecule has 1 unspecified atom stereocenters. The van der Waals surface area contributed by atoms with E-state index in [1.165, 1.54) is 11.8 Å². The minimum atomic E-state index is -0.0870. The lowest BCUT2D eigenvalue weighted by atomic mass is 10.0. The van der Waals surface area contributed by atoms with Crippen LogP contribution in [-0.4, -0.2) is 39.0 Å². The van der Waals surface area contributed by atoms with Crippen molar-refractivity contribution >= 4 is 29.3 Å². The second kappa shape index (κ2) is 9.57. The Kier molecular flexibility index (Phi) is 6.89. The third-order valence-corrected chi connectivity index (χ3v) is 5.28. The van der Waals surface area contributed by atoms with E-state index in [0.29, 0.717) is 10.2 Å². The number of nitrogens with one attached hydrogen (secondary N) is 1. The molecule has 0 aliphatic heterocycles. The molecule has 1 amide bonds. The summed E-state index contributed by atoms with van der Waals surface area (Å²) in [6, 6.07) is 14.8. The molecule has 0 aliphatic rings. The van der Waals surface area contributed by atoms with Gasteiger partial charge in [0.25, 0.3) is 0 Å². The zero-order chi connectivity index (χ0) is 19.9. The maximum atomic E-state index is 12.4. The van der Waals surface area contributed by atoms with E-state index in [0.717, 1.165) is 23.4 Å². The van der Waals surface area contributed by atoms with Crippen LogP contribution in [0.2, 0.25) is 5.02 Å². The SMILES string of the molecule is CCC(NC(=O)CSc1nnnn1-c1ccc(OC)cc1)c1ccc(Cl)cc1. The summed E-state index contributed by atoms with van der Waals surface area (Å²) < 4.78 is 6.75. The first-order valence-corrected chi connectivity index (χ1v) is 10.1. The Labute approximate surface area is 172 Å². The number of hydrogen-bond acceptors (Lipinski definition) is 6. The summed E-state index contributed by atoms with van der Waals surface area (Å²) in [5, 5.41) is 16.0. The Morgan fingerprint density at radius 1 is 1.21 bits per heavy atom. The van der Waals surface area contributed by atoms with Crippen LogP contribution in [0.5, 0.6) is 5.75 Å². The van der Waals surface area contributed by atoms with Gasteiger partial charge in [-0.1, -0.05) is 42.4 Å². The van der Waals surface area contributed by atoms with Gasteiger partial charge in [-0.15, -0.1) is 5.10 Å². The van der Waals surface area contributed by atoms with Crippen LogP contribution in [0, 0.1) is 0 Å². The van der Waals surface area contributed by atoms with E-state index in [4.69, 9.17) is 16.3 Å². The molecule has 0 aliphatic carbocycles. The molecule has 9 heteroatoms. The molecule has 1 N–H and O–H groups in total. The van der Waals surface area contributed by atoms with Gasteiger partial charge in [-0.05, 0) is 58.8 Å². The van der Waals surface area contributed by atoms with E-state index in [2.05, 4.69) is 20.8 Å². The van der Waals surface area contributed by atoms with Crippen molar-refractivity contribution in [3.63, 3.8) is 0 Å². The van der Waals surface area contributed by atoms with E-state index in [9.17, 15) is 4.79 Å². The van der Waals surface area contributed by atoms with Crippen LogP contribution in [0.25, 0.3) is 5.69 Å². The second-order valence-electron chi connectivity index (χ2n) is 5.94. The standard InChI is InChI=1S/C19H20ClN5O2S/c1-3-17(13-4-6-14(20)7-5-13)21-18(26)12-28-19-22-23-24-25(19)15-8-10-16(27-2)11-9-15/h4-11,17H,3,12H2,1-2H3,(H,21,26). The number of nitrogens with zero attached hydrogens (tertiary/aromatic N) is 4. The van der Waals surface area contributed by atoms with Gasteiger partial charge in [-0.25, -0.2) is 0 Å². The van der Waals surface area contributed by atoms with Crippen molar-refractivity contribution in [2.75, 3.05) is 12.9 Å². The summed E-state index contributed by atoms with van der Waals surface area (Å²) in [5.41, 5.74) is 1.81. The zero-order valence-electron chi connectivity index (χ0n) is 15.5. The molecular weight excluding hydrogens is 398 g/mol. The fourth-order valence-corrected chi connectivity index (χ4v) is 3.46. The number of aromatic nitrogens is 4. The molecule has 0 fully saturated rings. The zero-order valence-corrected chi connectivity index (χ0v) is 17.1. The van der Waals surface area contributed by atoms with Gasteiger partial charge >= 0.3 is 0 Å². The Hall–Kier alpha value is -2.58. The first-order chi connectivity index (χ1) is 13.6. The van der Waals surface area contributed by atoms with Gasteiger partial charge in [0.1, 0.15) is 5.75 Å². The third-order valence-electron chi connectivity index (χ3n) is 4.11. The molecule has 0 saturated heterocycles. The quantitative estimate of drug-likeness (QED) is 0.563. The third kappa shape index (κ3) is 5.02. The predicted octanol–water partition coefficient (Wildman–Crippen LogP) is 3.68. The summed E-state index contributed by atoms with van der Waals surface area (Å²) in [7, 11) is 1.61. The second-order valence-corrected chi connectivity index (χ2v) is 7.32. The molecule has 7 nitrogen and oxygen atoms in total. The Morgan fingerprint density at radius 2 is 1.93 bits per heavy atom. The van der Waals surface area contributed by atoms with E-state index in [1.807, 2.05) is 55.5 Å². The average molecular weight is 418 g/mol. The fourth-order valence-electron chi connectivity index (χ4n) is 2.64. The molecule has 3 rings (SSSR count). The minimum absolute atomic E-state index is 0.0667. The number of thioether (sulfide) groups is 1. The highest BCUT2D eigenvalue weighted by Gasteiger charge is 2.15. The number of benzene rings is 2. The molecule has 1 atom stereocenters. The molecule has 146 valence electrons. The number of carbonyl (C=O) groups excluding carboxylic acids is 1. The molecule has 1 heterocycles. The van der Waals surface area contributed by atoms with Gasteiger partial charge in [-0.3, -0.25) is 4.79 Å². The number of hydrogen-bond donors (Lipinski definition) is 1. The Balaban J connectivity index is 1.61. The van der Waals surface area contributed by atoms with Crippen LogP contribution >= 0.6 is 23.4 Å². The molecule has 0 saturated carbocycles. The monoisotopic (exact) mass is 417 g/mol. The van der Waals surface area contributed by atoms with Crippen molar-refractivity contribution in [1.29, 1.82) is 0 Å². The highest BCUT2D eigenvalue weighted by Crippen LogP contribution is 2.22. The largest absolute Gasteiger partial charge is 0.497 e. The van der Waals surface area contributed by atoms with Gasteiger partial charge in [0.15, 0.2) is 0 Å². The van der Waals surface area contributed by atoms with Gasteiger partial charge in [0, 0.05) is 5.02 Å². The normalized spacial score (nSPS) is 11.8. The Morgan fingerprint density at radius 3 is 2.57 bits per heavy atom. The summed E-state index contributed by atoms with van der Waals surface area (Å²) in [6.07, 6.45) is 0.779. The molecular formula is C19H20ClN5O2S. The number of halogens is 1. The minimum Gasteiger partial charge on any atom is -0.497 e. The Bertz CT molecular complexity index is 915. The van der Waals surface area contributed by atoms with E-state index in [-0.39, 0.29) is 17.7 Å². The average Bonchev–Trinajstić information content (AvgIpc) is 3.20. The lowest BCUT2D eigenvalue weighted by Gasteiger charge is -2.17. The van der Waals surface area contributed by atoms with Crippen molar-refractivity contribution in [1.82, 2.24) is 25.5 Å². The number of rotatable bonds is 8. The van der Waals surface area contributed by atoms with Crippen LogP contribution in [0.4, 0.5) is 0 Å². The smallest absolute Gasteiger partial charge is 0.230 e. The molecule has 2 aromatic carbocycles. The molecule has 0 radical (unpaired) electrons. The highest BCUT2D eigenvalue weighted by atomic mass is 35.5. The van der Waals surface area contributed by atoms with Crippen LogP contribution in [0.1, 0.15) is 24.9 Å². The topological polar surface area (TPSA) is 81.9 Å². The molecule has 3 aromatic rings. The van der Waals surface area contributed by atoms with E-state index in [1.54, 1.807) is 11.8 Å². The van der Waals surface area contributed by atoms with Crippen LogP contribution in [0.3, 0.4) is 0 Å². The van der Waals surface area contributed by atoms with Gasteiger partial charge in [0.2, 0.25) is 11.1 Å². The van der Waals surface area contributed by atoms with Gasteiger partial charge in [0.05, 0.1) is 24.6 Å². The summed E-state index contributed by atoms with van der Waals surface area (Å²) in [4.78, 5) is 12.4. The first-order valence-electron chi connectivity index (χ1n) is 8.71. The fraction of sp³-hybridized carbons (Fsp3) is 0.263. The lowest BCUT2D eigenvalue weighted by Crippen LogP contribution is -2.29. The van der Waals surface area contributed by atoms with Crippen LogP contribution in [0.15, 0.2) is 53.7 Å². The van der Waals surface area contributed by atoms with E-state index >= 15 is 0 Å². The van der Waals surface area contributed by atoms with Crippen LogP contribution < -0.4 is 10.1 Å². The number of carbonyl (C=O) groups is 1. The molecule has 1 aromatic heterocycles. The maximum absolute atomic E-state index is 12.4. The number of tetrazole rings is 1. The number of ether oxygens (including phenoxy) is 1. The molecule has 0 spiro atoms. The van der Waals surface area contributed by atoms with Crippen molar-refractivity contribution in [2.45, 2.75) is 24.5 Å². The molecule has 28 heavy (non-hydrogen) atoms. The molecule has 0 bridgehead atoms. The summed E-state index contributed by atoms with van der Waals surface area (Å²) >= 11 is 7.21. The van der Waals surface area contributed by atoms with E-state index < -0.39 is 0 Å². The first kappa shape index (κ1) is 20.2. The van der Waals surface area contributed by atoms with Crippen molar-refractivity contribution < 1.29 is 9.53 Å². The summed E-state index contributed by atoms with van der Waals surface area (Å²) in [5.74, 6) is 0.870. The summed E-state index contributed by atoms with van der Waals surface area (Å²) in [6.45, 7) is 2.02. The highest BCUT2D eigenvalue weighted by molar-refractivity contribution is 7.99. The number of methoxy groups -OCH3 is 1.